The molecule has 6 heteroatoms. The van der Waals surface area contributed by atoms with Gasteiger partial charge in [-0.05, 0) is 24.6 Å². The first-order valence-corrected chi connectivity index (χ1v) is 5.40. The third-order valence-corrected chi connectivity index (χ3v) is 2.49. The lowest BCUT2D eigenvalue weighted by atomic mass is 10.2. The fraction of sp³-hybridized carbons (Fsp3) is 0.167. The van der Waals surface area contributed by atoms with Gasteiger partial charge in [-0.25, -0.2) is 4.98 Å². The minimum atomic E-state index is -0.408. The number of pyridine rings is 2. The van der Waals surface area contributed by atoms with Crippen LogP contribution in [-0.2, 0) is 6.54 Å². The van der Waals surface area contributed by atoms with Crippen LogP contribution in [0.3, 0.4) is 0 Å². The van der Waals surface area contributed by atoms with Gasteiger partial charge in [-0.3, -0.25) is 15.1 Å². The molecule has 0 aromatic carbocycles. The summed E-state index contributed by atoms with van der Waals surface area (Å²) in [5, 5.41) is 13.8. The van der Waals surface area contributed by atoms with Gasteiger partial charge in [-0.15, -0.1) is 0 Å². The summed E-state index contributed by atoms with van der Waals surface area (Å²) in [5.41, 5.74) is 1.66. The molecule has 2 rings (SSSR count). The zero-order valence-corrected chi connectivity index (χ0v) is 9.83. The maximum absolute atomic E-state index is 10.8. The van der Waals surface area contributed by atoms with Gasteiger partial charge in [0.05, 0.1) is 11.0 Å². The number of aromatic nitrogens is 2. The highest BCUT2D eigenvalue weighted by molar-refractivity contribution is 5.49. The Hall–Kier alpha value is -2.50. The van der Waals surface area contributed by atoms with Gasteiger partial charge in [-0.1, -0.05) is 0 Å². The van der Waals surface area contributed by atoms with Crippen LogP contribution >= 0.6 is 0 Å². The first-order valence-electron chi connectivity index (χ1n) is 5.40. The lowest BCUT2D eigenvalue weighted by Gasteiger charge is -2.06. The van der Waals surface area contributed by atoms with E-state index in [0.29, 0.717) is 17.9 Å². The van der Waals surface area contributed by atoms with E-state index >= 15 is 0 Å². The van der Waals surface area contributed by atoms with E-state index in [1.54, 1.807) is 19.3 Å². The zero-order chi connectivity index (χ0) is 13.0. The molecule has 0 radical (unpaired) electrons. The summed E-state index contributed by atoms with van der Waals surface area (Å²) in [6.45, 7) is 2.22. The molecule has 6 nitrogen and oxygen atoms in total. The van der Waals surface area contributed by atoms with E-state index < -0.39 is 4.92 Å². The predicted molar refractivity (Wildman–Crippen MR) is 67.2 cm³/mol. The first kappa shape index (κ1) is 12.0. The minimum absolute atomic E-state index is 0.0715. The van der Waals surface area contributed by atoms with Gasteiger partial charge >= 0.3 is 0 Å². The highest BCUT2D eigenvalue weighted by Gasteiger charge is 2.11. The lowest BCUT2D eigenvalue weighted by Crippen LogP contribution is -2.03. The molecule has 0 bridgehead atoms. The molecule has 2 heterocycles. The Morgan fingerprint density at radius 1 is 1.39 bits per heavy atom. The monoisotopic (exact) mass is 244 g/mol. The smallest absolute Gasteiger partial charge is 0.277 e. The van der Waals surface area contributed by atoms with E-state index in [-0.39, 0.29) is 5.69 Å². The molecule has 92 valence electrons. The average molecular weight is 244 g/mol. The third-order valence-electron chi connectivity index (χ3n) is 2.49. The largest absolute Gasteiger partial charge is 0.366 e. The first-order chi connectivity index (χ1) is 8.66. The molecule has 1 N–H and O–H groups in total. The molecule has 0 unspecified atom stereocenters. The van der Waals surface area contributed by atoms with E-state index in [2.05, 4.69) is 15.3 Å². The van der Waals surface area contributed by atoms with E-state index in [1.165, 1.54) is 12.3 Å². The highest BCUT2D eigenvalue weighted by Crippen LogP contribution is 2.20. The van der Waals surface area contributed by atoms with Crippen molar-refractivity contribution in [3.05, 3.63) is 58.0 Å². The molecule has 0 fully saturated rings. The molecule has 0 amide bonds. The second kappa shape index (κ2) is 5.22. The van der Waals surface area contributed by atoms with Gasteiger partial charge in [0.15, 0.2) is 0 Å². The fourth-order valence-electron chi connectivity index (χ4n) is 1.50. The van der Waals surface area contributed by atoms with Crippen LogP contribution in [0, 0.1) is 17.0 Å². The van der Waals surface area contributed by atoms with Crippen LogP contribution in [-0.4, -0.2) is 14.9 Å². The summed E-state index contributed by atoms with van der Waals surface area (Å²) in [7, 11) is 0. The summed E-state index contributed by atoms with van der Waals surface area (Å²) in [4.78, 5) is 18.4. The van der Waals surface area contributed by atoms with Gasteiger partial charge < -0.3 is 5.32 Å². The van der Waals surface area contributed by atoms with E-state index in [4.69, 9.17) is 0 Å². The average Bonchev–Trinajstić information content (AvgIpc) is 2.38. The second-order valence-electron chi connectivity index (χ2n) is 3.82. The fourth-order valence-corrected chi connectivity index (χ4v) is 1.50. The number of aryl methyl sites for hydroxylation is 1. The van der Waals surface area contributed by atoms with E-state index in [9.17, 15) is 10.1 Å². The molecule has 0 aliphatic rings. The van der Waals surface area contributed by atoms with Gasteiger partial charge in [0.2, 0.25) is 0 Å². The van der Waals surface area contributed by atoms with Crippen molar-refractivity contribution in [2.24, 2.45) is 0 Å². The number of nitrogens with one attached hydrogen (secondary N) is 1. The number of hydrogen-bond acceptors (Lipinski definition) is 5. The Balaban J connectivity index is 2.11. The number of anilines is 1. The molecular weight excluding hydrogens is 232 g/mol. The number of rotatable bonds is 4. The van der Waals surface area contributed by atoms with Gasteiger partial charge in [-0.2, -0.15) is 0 Å². The lowest BCUT2D eigenvalue weighted by molar-refractivity contribution is -0.385. The van der Waals surface area contributed by atoms with Crippen LogP contribution in [0.2, 0.25) is 0 Å². The van der Waals surface area contributed by atoms with Crippen molar-refractivity contribution in [2.45, 2.75) is 13.5 Å². The van der Waals surface area contributed by atoms with Crippen molar-refractivity contribution < 1.29 is 4.92 Å². The molecule has 0 saturated heterocycles. The van der Waals surface area contributed by atoms with Crippen LogP contribution < -0.4 is 5.32 Å². The van der Waals surface area contributed by atoms with Crippen LogP contribution in [0.4, 0.5) is 11.5 Å². The third kappa shape index (κ3) is 2.79. The summed E-state index contributed by atoms with van der Waals surface area (Å²) in [6.07, 6.45) is 4.89. The van der Waals surface area contributed by atoms with Gasteiger partial charge in [0.25, 0.3) is 5.69 Å². The van der Waals surface area contributed by atoms with Crippen LogP contribution in [0.25, 0.3) is 0 Å². The van der Waals surface area contributed by atoms with Crippen molar-refractivity contribution in [3.63, 3.8) is 0 Å². The highest BCUT2D eigenvalue weighted by atomic mass is 16.6. The maximum Gasteiger partial charge on any atom is 0.277 e. The topological polar surface area (TPSA) is 81.0 Å². The molecular formula is C12H12N4O2. The number of hydrogen-bond donors (Lipinski definition) is 1. The van der Waals surface area contributed by atoms with Crippen molar-refractivity contribution >= 4 is 11.5 Å². The van der Waals surface area contributed by atoms with Crippen LogP contribution in [0.1, 0.15) is 11.1 Å². The quantitative estimate of drug-likeness (QED) is 0.659. The molecule has 2 aromatic heterocycles. The molecule has 0 aliphatic heterocycles. The van der Waals surface area contributed by atoms with E-state index in [1.807, 2.05) is 12.1 Å². The second-order valence-corrected chi connectivity index (χ2v) is 3.82. The Morgan fingerprint density at radius 3 is 2.78 bits per heavy atom. The standard InChI is InChI=1S/C12H12N4O2/c1-9-7-14-12(6-11(9)16(17)18)15-8-10-2-4-13-5-3-10/h2-7H,8H2,1H3,(H,14,15). The molecule has 0 aliphatic carbocycles. The summed E-state index contributed by atoms with van der Waals surface area (Å²) < 4.78 is 0. The Bertz CT molecular complexity index is 557. The number of nitrogens with zero attached hydrogens (tertiary/aromatic N) is 3. The van der Waals surface area contributed by atoms with Crippen LogP contribution in [0.5, 0.6) is 0 Å². The SMILES string of the molecule is Cc1cnc(NCc2ccncc2)cc1[N+](=O)[O-]. The predicted octanol–water partition coefficient (Wildman–Crippen LogP) is 2.31. The van der Waals surface area contributed by atoms with Crippen molar-refractivity contribution in [1.82, 2.24) is 9.97 Å². The molecule has 0 spiro atoms. The molecule has 0 saturated carbocycles. The zero-order valence-electron chi connectivity index (χ0n) is 9.83. The van der Waals surface area contributed by atoms with Gasteiger partial charge in [0, 0.05) is 30.7 Å². The van der Waals surface area contributed by atoms with Crippen molar-refractivity contribution in [2.75, 3.05) is 5.32 Å². The van der Waals surface area contributed by atoms with Crippen molar-refractivity contribution in [3.8, 4) is 0 Å². The van der Waals surface area contributed by atoms with E-state index in [0.717, 1.165) is 5.56 Å². The summed E-state index contributed by atoms with van der Waals surface area (Å²) >= 11 is 0. The Kier molecular flexibility index (Phi) is 3.47. The van der Waals surface area contributed by atoms with Crippen molar-refractivity contribution in [1.29, 1.82) is 0 Å². The molecule has 0 atom stereocenters. The minimum Gasteiger partial charge on any atom is -0.366 e. The maximum atomic E-state index is 10.8. The Morgan fingerprint density at radius 2 is 2.11 bits per heavy atom. The Labute approximate surface area is 104 Å². The molecule has 18 heavy (non-hydrogen) atoms. The van der Waals surface area contributed by atoms with Gasteiger partial charge in [0.1, 0.15) is 5.82 Å². The normalized spacial score (nSPS) is 10.1. The van der Waals surface area contributed by atoms with Crippen LogP contribution in [0.15, 0.2) is 36.8 Å². The summed E-state index contributed by atoms with van der Waals surface area (Å²) in [6, 6.07) is 5.18. The molecule has 2 aromatic rings. The summed E-state index contributed by atoms with van der Waals surface area (Å²) in [5.74, 6) is 0.490. The number of nitro groups is 1.